The largest absolute Gasteiger partial charge is 0.379 e. The number of H-pyrrole nitrogens is 1. The fraction of sp³-hybridized carbons (Fsp3) is 0.261. The van der Waals surface area contributed by atoms with Gasteiger partial charge in [0, 0.05) is 28.7 Å². The van der Waals surface area contributed by atoms with Gasteiger partial charge in [-0.1, -0.05) is 54.6 Å². The highest BCUT2D eigenvalue weighted by Crippen LogP contribution is 2.38. The Morgan fingerprint density at radius 3 is 1.48 bits per heavy atom. The summed E-state index contributed by atoms with van der Waals surface area (Å²) >= 11 is 0. The number of aromatic amines is 1. The lowest BCUT2D eigenvalue weighted by Gasteiger charge is -2.28. The molecule has 9 rings (SSSR count). The molecule has 15 heteroatoms. The minimum absolute atomic E-state index is 0.0554. The van der Waals surface area contributed by atoms with E-state index in [0.717, 1.165) is 68.3 Å². The summed E-state index contributed by atoms with van der Waals surface area (Å²) in [6.45, 7) is 3.97. The van der Waals surface area contributed by atoms with Gasteiger partial charge in [0.15, 0.2) is 0 Å². The van der Waals surface area contributed by atoms with Crippen LogP contribution in [-0.4, -0.2) is 84.3 Å². The van der Waals surface area contributed by atoms with Crippen molar-refractivity contribution < 1.29 is 33.6 Å². The second-order valence-corrected chi connectivity index (χ2v) is 20.6. The van der Waals surface area contributed by atoms with Gasteiger partial charge in [-0.15, -0.1) is 0 Å². The van der Waals surface area contributed by atoms with Crippen molar-refractivity contribution >= 4 is 52.1 Å². The maximum absolute atomic E-state index is 13.5. The molecule has 2 fully saturated rings. The Morgan fingerprint density at radius 2 is 0.967 bits per heavy atom. The van der Waals surface area contributed by atoms with Gasteiger partial charge >= 0.3 is 20.2 Å². The van der Waals surface area contributed by atoms with Crippen LogP contribution in [0.2, 0.25) is 0 Å². The van der Waals surface area contributed by atoms with Crippen molar-refractivity contribution in [2.45, 2.75) is 52.2 Å². The average Bonchev–Trinajstić information content (AvgIpc) is 3.87. The molecule has 4 heterocycles. The Kier molecular flexibility index (Phi) is 12.1. The zero-order valence-corrected chi connectivity index (χ0v) is 36.4. The van der Waals surface area contributed by atoms with Crippen LogP contribution >= 0.6 is 0 Å². The summed E-state index contributed by atoms with van der Waals surface area (Å²) < 4.78 is 89.7. The molecule has 2 aliphatic heterocycles. The topological polar surface area (TPSA) is 148 Å². The third kappa shape index (κ3) is 9.26. The molecule has 7 aromatic rings. The average molecular weight is 881 g/mol. The zero-order chi connectivity index (χ0) is 42.8. The first-order valence-corrected chi connectivity index (χ1v) is 24.5. The summed E-state index contributed by atoms with van der Waals surface area (Å²) in [4.78, 5) is 8.29. The first-order valence-electron chi connectivity index (χ1n) is 20.2. The van der Waals surface area contributed by atoms with E-state index in [1.165, 1.54) is 39.9 Å². The molecule has 0 saturated carbocycles. The van der Waals surface area contributed by atoms with Gasteiger partial charge in [0.1, 0.15) is 21.3 Å². The van der Waals surface area contributed by atoms with Crippen LogP contribution in [0.25, 0.3) is 21.8 Å². The van der Waals surface area contributed by atoms with Crippen LogP contribution in [0.3, 0.4) is 0 Å². The van der Waals surface area contributed by atoms with Gasteiger partial charge < -0.3 is 23.1 Å². The lowest BCUT2D eigenvalue weighted by Crippen LogP contribution is -2.29. The highest BCUT2D eigenvalue weighted by Gasteiger charge is 2.28. The fourth-order valence-electron chi connectivity index (χ4n) is 8.16. The summed E-state index contributed by atoms with van der Waals surface area (Å²) in [6.07, 6.45) is 7.73. The summed E-state index contributed by atoms with van der Waals surface area (Å²) in [6, 6.07) is 34.6. The molecule has 0 radical (unpaired) electrons. The summed E-state index contributed by atoms with van der Waals surface area (Å²) in [5.74, 6) is 1.13. The first-order chi connectivity index (χ1) is 29.3. The van der Waals surface area contributed by atoms with Crippen LogP contribution in [-0.2, 0) is 30.3 Å². The Labute approximate surface area is 357 Å². The molecule has 0 atom stereocenters. The van der Waals surface area contributed by atoms with Crippen molar-refractivity contribution in [3.05, 3.63) is 151 Å². The van der Waals surface area contributed by atoms with Gasteiger partial charge in [0.05, 0.1) is 10.4 Å². The standard InChI is InChI=1S/C26H26N2O5S2.C20H22N2O3S/c1-27-16-14-20(15-17-27)25-19-28(34(29,30)22-8-4-2-5-9-22)26-13-12-21(18-24(25)26)33-35(31,32)23-10-6-3-7-11-23;1-22-11-9-15(10-12-22)19-14-21-20-8-7-16(13-18(19)20)25-26(23,24)17-5-3-2-4-6-17/h2-13,18-20H,14-17H2,1H3;2-8,13-15,21H,9-12H2,1H3. The van der Waals surface area contributed by atoms with Crippen LogP contribution in [0.5, 0.6) is 11.5 Å². The molecule has 0 aliphatic carbocycles. The van der Waals surface area contributed by atoms with Crippen LogP contribution in [0.4, 0.5) is 0 Å². The minimum atomic E-state index is -4.02. The number of piperidine rings is 2. The number of benzene rings is 5. The molecule has 0 amide bonds. The van der Waals surface area contributed by atoms with Crippen molar-refractivity contribution in [1.82, 2.24) is 18.8 Å². The van der Waals surface area contributed by atoms with Crippen molar-refractivity contribution in [2.75, 3.05) is 40.3 Å². The second-order valence-electron chi connectivity index (χ2n) is 15.7. The SMILES string of the molecule is CN1CCC(c2c[nH]c3ccc(OS(=O)(=O)c4ccccc4)cc23)CC1.CN1CCC(c2cn(S(=O)(=O)c3ccccc3)c3ccc(OS(=O)(=O)c4ccccc4)cc23)CC1. The van der Waals surface area contributed by atoms with Crippen LogP contribution in [0.1, 0.15) is 48.6 Å². The van der Waals surface area contributed by atoms with E-state index in [2.05, 4.69) is 35.1 Å². The van der Waals surface area contributed by atoms with Crippen LogP contribution < -0.4 is 8.37 Å². The number of aromatic nitrogens is 2. The van der Waals surface area contributed by atoms with E-state index in [1.54, 1.807) is 91.1 Å². The third-order valence-corrected chi connectivity index (χ3v) is 15.8. The zero-order valence-electron chi connectivity index (χ0n) is 33.9. The maximum atomic E-state index is 13.5. The van der Waals surface area contributed by atoms with E-state index in [0.29, 0.717) is 22.6 Å². The van der Waals surface area contributed by atoms with Gasteiger partial charge in [-0.25, -0.2) is 12.4 Å². The summed E-state index contributed by atoms with van der Waals surface area (Å²) in [7, 11) is -7.47. The molecule has 2 aromatic heterocycles. The van der Waals surface area contributed by atoms with Crippen molar-refractivity contribution in [1.29, 1.82) is 0 Å². The fourth-order valence-corrected chi connectivity index (χ4v) is 11.4. The Balaban J connectivity index is 0.000000176. The molecule has 2 aliphatic rings. The number of likely N-dealkylation sites (tertiary alicyclic amines) is 2. The Bertz CT molecular complexity index is 2960. The first kappa shape index (κ1) is 42.2. The molecule has 0 spiro atoms. The molecular weight excluding hydrogens is 833 g/mol. The molecular formula is C46H48N4O8S3. The molecule has 12 nitrogen and oxygen atoms in total. The maximum Gasteiger partial charge on any atom is 0.339 e. The van der Waals surface area contributed by atoms with E-state index in [4.69, 9.17) is 8.37 Å². The van der Waals surface area contributed by atoms with E-state index < -0.39 is 30.3 Å². The van der Waals surface area contributed by atoms with Crippen molar-refractivity contribution in [2.24, 2.45) is 0 Å². The van der Waals surface area contributed by atoms with Gasteiger partial charge in [0.2, 0.25) is 0 Å². The number of nitrogens with zero attached hydrogens (tertiary/aromatic N) is 3. The minimum Gasteiger partial charge on any atom is -0.379 e. The Hall–Kier alpha value is -5.45. The van der Waals surface area contributed by atoms with E-state index >= 15 is 0 Å². The predicted octanol–water partition coefficient (Wildman–Crippen LogP) is 8.20. The number of hydrogen-bond acceptors (Lipinski definition) is 10. The lowest BCUT2D eigenvalue weighted by molar-refractivity contribution is 0.256. The molecule has 2 saturated heterocycles. The van der Waals surface area contributed by atoms with Gasteiger partial charge in [0.25, 0.3) is 10.0 Å². The summed E-state index contributed by atoms with van der Waals surface area (Å²) in [5, 5.41) is 1.72. The predicted molar refractivity (Wildman–Crippen MR) is 237 cm³/mol. The van der Waals surface area contributed by atoms with Gasteiger partial charge in [-0.05, 0) is 162 Å². The molecule has 318 valence electrons. The van der Waals surface area contributed by atoms with E-state index in [1.807, 2.05) is 12.1 Å². The highest BCUT2D eigenvalue weighted by molar-refractivity contribution is 7.90. The Morgan fingerprint density at radius 1 is 0.525 bits per heavy atom. The van der Waals surface area contributed by atoms with Crippen LogP contribution in [0.15, 0.2) is 154 Å². The lowest BCUT2D eigenvalue weighted by atomic mass is 9.89. The number of fused-ring (bicyclic) bond motifs is 2. The molecule has 61 heavy (non-hydrogen) atoms. The van der Waals surface area contributed by atoms with Gasteiger partial charge in [-0.2, -0.15) is 16.8 Å². The van der Waals surface area contributed by atoms with Gasteiger partial charge in [-0.3, -0.25) is 0 Å². The molecule has 0 unspecified atom stereocenters. The number of nitrogens with one attached hydrogen (secondary N) is 1. The monoisotopic (exact) mass is 880 g/mol. The normalized spacial score (nSPS) is 16.3. The quantitative estimate of drug-likeness (QED) is 0.133. The third-order valence-electron chi connectivity index (χ3n) is 11.6. The summed E-state index contributed by atoms with van der Waals surface area (Å²) in [5.41, 5.74) is 3.63. The number of hydrogen-bond donors (Lipinski definition) is 1. The molecule has 5 aromatic carbocycles. The molecule has 0 bridgehead atoms. The van der Waals surface area contributed by atoms with Crippen molar-refractivity contribution in [3.8, 4) is 11.5 Å². The van der Waals surface area contributed by atoms with Crippen LogP contribution in [0, 0.1) is 0 Å². The van der Waals surface area contributed by atoms with E-state index in [-0.39, 0.29) is 26.4 Å². The smallest absolute Gasteiger partial charge is 0.339 e. The number of rotatable bonds is 10. The molecule has 1 N–H and O–H groups in total. The second kappa shape index (κ2) is 17.5. The van der Waals surface area contributed by atoms with Crippen molar-refractivity contribution in [3.63, 3.8) is 0 Å². The van der Waals surface area contributed by atoms with E-state index in [9.17, 15) is 25.3 Å². The highest BCUT2D eigenvalue weighted by atomic mass is 32.2.